The second-order valence-corrected chi connectivity index (χ2v) is 7.63. The van der Waals surface area contributed by atoms with Crippen LogP contribution in [0.2, 0.25) is 0 Å². The number of non-ortho nitro benzene ring substituents is 1. The van der Waals surface area contributed by atoms with Gasteiger partial charge in [0.2, 0.25) is 5.75 Å². The Morgan fingerprint density at radius 1 is 1.00 bits per heavy atom. The largest absolute Gasteiger partial charge is 0.493 e. The molecule has 0 bridgehead atoms. The molecule has 3 aromatic rings. The van der Waals surface area contributed by atoms with Crippen molar-refractivity contribution in [3.63, 3.8) is 0 Å². The summed E-state index contributed by atoms with van der Waals surface area (Å²) in [6, 6.07) is 14.7. The van der Waals surface area contributed by atoms with Crippen LogP contribution in [-0.2, 0) is 0 Å². The number of ether oxygens (including phenoxy) is 2. The van der Waals surface area contributed by atoms with Gasteiger partial charge < -0.3 is 9.47 Å². The fraction of sp³-hybridized carbons (Fsp3) is 0.0476. The molecule has 168 valence electrons. The lowest BCUT2D eigenvalue weighted by Gasteiger charge is -2.11. The minimum absolute atomic E-state index is 0.113. The van der Waals surface area contributed by atoms with Crippen LogP contribution in [-0.4, -0.2) is 29.1 Å². The van der Waals surface area contributed by atoms with Crippen LogP contribution in [0, 0.1) is 23.8 Å². The van der Waals surface area contributed by atoms with Crippen LogP contribution < -0.4 is 14.9 Å². The zero-order valence-corrected chi connectivity index (χ0v) is 19.1. The van der Waals surface area contributed by atoms with Crippen molar-refractivity contribution in [2.45, 2.75) is 0 Å². The molecule has 0 heterocycles. The van der Waals surface area contributed by atoms with Gasteiger partial charge in [-0.05, 0) is 70.6 Å². The molecule has 0 radical (unpaired) electrons. The number of methoxy groups -OCH3 is 1. The van der Waals surface area contributed by atoms with Crippen LogP contribution in [0.5, 0.6) is 17.2 Å². The first-order valence-electron chi connectivity index (χ1n) is 9.16. The number of nitrogens with one attached hydrogen (secondary N) is 1. The third-order valence-corrected chi connectivity index (χ3v) is 4.90. The minimum Gasteiger partial charge on any atom is -0.493 e. The van der Waals surface area contributed by atoms with Crippen molar-refractivity contribution < 1.29 is 24.1 Å². The Labute approximate surface area is 200 Å². The first-order valence-corrected chi connectivity index (χ1v) is 10.2. The Balaban J connectivity index is 1.83. The maximum atomic E-state index is 12.2. The molecule has 0 saturated heterocycles. The number of nitrogens with zero attached hydrogens (tertiary/aromatic N) is 3. The van der Waals surface area contributed by atoms with Crippen LogP contribution in [0.25, 0.3) is 0 Å². The zero-order chi connectivity index (χ0) is 24.0. The summed E-state index contributed by atoms with van der Waals surface area (Å²) >= 11 is 2.10. The lowest BCUT2D eigenvalue weighted by Crippen LogP contribution is -2.17. The molecule has 0 saturated carbocycles. The first-order chi connectivity index (χ1) is 15.8. The number of rotatable bonds is 8. The molecule has 0 spiro atoms. The lowest BCUT2D eigenvalue weighted by molar-refractivity contribution is -0.394. The van der Waals surface area contributed by atoms with E-state index in [1.165, 1.54) is 19.4 Å². The number of nitro benzene ring substituents is 2. The molecule has 0 fully saturated rings. The van der Waals surface area contributed by atoms with Crippen LogP contribution in [0.3, 0.4) is 0 Å². The van der Waals surface area contributed by atoms with E-state index in [2.05, 4.69) is 33.1 Å². The quantitative estimate of drug-likeness (QED) is 0.182. The number of carbonyl (C=O) groups excluding carboxylic acids is 1. The molecule has 3 aromatic carbocycles. The van der Waals surface area contributed by atoms with Crippen molar-refractivity contribution >= 4 is 46.1 Å². The van der Waals surface area contributed by atoms with Crippen LogP contribution >= 0.6 is 22.6 Å². The molecular formula is C21H15IN4O7. The van der Waals surface area contributed by atoms with Crippen LogP contribution in [0.4, 0.5) is 11.4 Å². The summed E-state index contributed by atoms with van der Waals surface area (Å²) in [5, 5.41) is 26.2. The van der Waals surface area contributed by atoms with Crippen molar-refractivity contribution in [1.29, 1.82) is 0 Å². The summed E-state index contributed by atoms with van der Waals surface area (Å²) in [5.41, 5.74) is 2.35. The molecule has 12 heteroatoms. The SMILES string of the molecule is COc1ccc(/C=N\NC(=O)c2cccc(I)c2)cc1Oc1ccc([N+](=O)[O-])cc1[N+](=O)[O-]. The molecule has 0 atom stereocenters. The fourth-order valence-electron chi connectivity index (χ4n) is 2.68. The first kappa shape index (κ1) is 23.6. The standard InChI is InChI=1S/C21H15IN4O7/c1-32-19-7-5-13(12-23-24-21(27)14-3-2-4-15(22)10-14)9-20(19)33-18-8-6-16(25(28)29)11-17(18)26(30)31/h2-12H,1H3,(H,24,27)/b23-12-. The third kappa shape index (κ3) is 6.00. The predicted molar refractivity (Wildman–Crippen MR) is 127 cm³/mol. The topological polar surface area (TPSA) is 146 Å². The molecule has 11 nitrogen and oxygen atoms in total. The fourth-order valence-corrected chi connectivity index (χ4v) is 3.22. The van der Waals surface area contributed by atoms with Gasteiger partial charge in [0, 0.05) is 15.2 Å². The number of nitro groups is 2. The zero-order valence-electron chi connectivity index (χ0n) is 16.9. The molecule has 0 aliphatic rings. The normalized spacial score (nSPS) is 10.6. The maximum Gasteiger partial charge on any atom is 0.318 e. The number of carbonyl (C=O) groups is 1. The van der Waals surface area contributed by atoms with Crippen LogP contribution in [0.15, 0.2) is 65.8 Å². The van der Waals surface area contributed by atoms with E-state index in [1.807, 2.05) is 6.07 Å². The van der Waals surface area contributed by atoms with E-state index in [0.29, 0.717) is 11.1 Å². The average molecular weight is 562 g/mol. The predicted octanol–water partition coefficient (Wildman–Crippen LogP) is 4.67. The number of amides is 1. The van der Waals surface area contributed by atoms with E-state index < -0.39 is 27.1 Å². The molecular weight excluding hydrogens is 547 g/mol. The molecule has 3 rings (SSSR count). The van der Waals surface area contributed by atoms with Crippen molar-refractivity contribution in [2.75, 3.05) is 7.11 Å². The molecule has 1 amide bonds. The minimum atomic E-state index is -0.777. The Bertz CT molecular complexity index is 1260. The van der Waals surface area contributed by atoms with E-state index in [0.717, 1.165) is 21.8 Å². The highest BCUT2D eigenvalue weighted by Crippen LogP contribution is 2.38. The van der Waals surface area contributed by atoms with Gasteiger partial charge in [0.05, 0.1) is 29.2 Å². The van der Waals surface area contributed by atoms with Gasteiger partial charge in [-0.3, -0.25) is 25.0 Å². The van der Waals surface area contributed by atoms with Gasteiger partial charge in [-0.2, -0.15) is 5.10 Å². The van der Waals surface area contributed by atoms with Gasteiger partial charge in [0.15, 0.2) is 11.5 Å². The van der Waals surface area contributed by atoms with E-state index in [9.17, 15) is 25.0 Å². The Hall–Kier alpha value is -4.07. The van der Waals surface area contributed by atoms with Crippen molar-refractivity contribution in [2.24, 2.45) is 5.10 Å². The number of benzene rings is 3. The highest BCUT2D eigenvalue weighted by molar-refractivity contribution is 14.1. The van der Waals surface area contributed by atoms with Gasteiger partial charge >= 0.3 is 5.69 Å². The molecule has 0 aromatic heterocycles. The Morgan fingerprint density at radius 2 is 1.76 bits per heavy atom. The van der Waals surface area contributed by atoms with E-state index in [-0.39, 0.29) is 17.2 Å². The van der Waals surface area contributed by atoms with Crippen molar-refractivity contribution in [1.82, 2.24) is 5.43 Å². The summed E-state index contributed by atoms with van der Waals surface area (Å²) in [4.78, 5) is 33.0. The lowest BCUT2D eigenvalue weighted by atomic mass is 10.2. The Morgan fingerprint density at radius 3 is 2.42 bits per heavy atom. The number of hydrazone groups is 1. The third-order valence-electron chi connectivity index (χ3n) is 4.22. The van der Waals surface area contributed by atoms with E-state index in [1.54, 1.807) is 30.3 Å². The summed E-state index contributed by atoms with van der Waals surface area (Å²) in [5.74, 6) is -0.216. The number of hydrogen-bond acceptors (Lipinski definition) is 8. The van der Waals surface area contributed by atoms with Crippen molar-refractivity contribution in [3.8, 4) is 17.2 Å². The summed E-state index contributed by atoms with van der Waals surface area (Å²) < 4.78 is 11.8. The molecule has 33 heavy (non-hydrogen) atoms. The van der Waals surface area contributed by atoms with Gasteiger partial charge in [-0.15, -0.1) is 0 Å². The summed E-state index contributed by atoms with van der Waals surface area (Å²) in [6.45, 7) is 0. The van der Waals surface area contributed by atoms with Gasteiger partial charge in [-0.25, -0.2) is 5.43 Å². The molecule has 0 aliphatic carbocycles. The molecule has 0 aliphatic heterocycles. The maximum absolute atomic E-state index is 12.2. The second kappa shape index (κ2) is 10.5. The highest BCUT2D eigenvalue weighted by Gasteiger charge is 2.22. The monoisotopic (exact) mass is 562 g/mol. The highest BCUT2D eigenvalue weighted by atomic mass is 127. The van der Waals surface area contributed by atoms with Crippen LogP contribution in [0.1, 0.15) is 15.9 Å². The van der Waals surface area contributed by atoms with E-state index in [4.69, 9.17) is 9.47 Å². The second-order valence-electron chi connectivity index (χ2n) is 6.39. The summed E-state index contributed by atoms with van der Waals surface area (Å²) in [7, 11) is 1.39. The average Bonchev–Trinajstić information content (AvgIpc) is 2.79. The van der Waals surface area contributed by atoms with Crippen molar-refractivity contribution in [3.05, 3.63) is 95.6 Å². The van der Waals surface area contributed by atoms with Gasteiger partial charge in [0.1, 0.15) is 0 Å². The Kier molecular flexibility index (Phi) is 7.50. The van der Waals surface area contributed by atoms with Gasteiger partial charge in [0.25, 0.3) is 11.6 Å². The van der Waals surface area contributed by atoms with E-state index >= 15 is 0 Å². The smallest absolute Gasteiger partial charge is 0.318 e. The number of halogens is 1. The van der Waals surface area contributed by atoms with Gasteiger partial charge in [-0.1, -0.05) is 6.07 Å². The molecule has 0 unspecified atom stereocenters. The summed E-state index contributed by atoms with van der Waals surface area (Å²) in [6.07, 6.45) is 1.36. The number of hydrogen-bond donors (Lipinski definition) is 1. The molecule has 1 N–H and O–H groups in total.